The van der Waals surface area contributed by atoms with E-state index in [9.17, 15) is 4.79 Å². The Kier molecular flexibility index (Phi) is 5.17. The Morgan fingerprint density at radius 3 is 2.44 bits per heavy atom. The van der Waals surface area contributed by atoms with Gasteiger partial charge in [-0.15, -0.1) is 0 Å². The molecule has 1 amide bonds. The Hall–Kier alpha value is -0.610. The van der Waals surface area contributed by atoms with Crippen LogP contribution in [0, 0.1) is 5.41 Å². The van der Waals surface area contributed by atoms with Crippen LogP contribution in [0.3, 0.4) is 0 Å². The molecule has 1 aliphatic carbocycles. The lowest BCUT2D eigenvalue weighted by Gasteiger charge is -2.34. The molecule has 0 aromatic heterocycles. The van der Waals surface area contributed by atoms with Crippen molar-refractivity contribution < 1.29 is 9.53 Å². The minimum Gasteiger partial charge on any atom is -0.378 e. The molecule has 0 aliphatic heterocycles. The molecule has 106 valence electrons. The molecule has 1 rings (SSSR count). The normalized spacial score (nSPS) is 23.6. The Morgan fingerprint density at radius 2 is 2.00 bits per heavy atom. The maximum atomic E-state index is 11.3. The summed E-state index contributed by atoms with van der Waals surface area (Å²) in [5.41, 5.74) is 5.19. The summed E-state index contributed by atoms with van der Waals surface area (Å²) < 4.78 is 5.88. The van der Waals surface area contributed by atoms with E-state index in [1.54, 1.807) is 7.05 Å². The Balaban J connectivity index is 2.28. The van der Waals surface area contributed by atoms with E-state index in [2.05, 4.69) is 19.2 Å². The van der Waals surface area contributed by atoms with E-state index < -0.39 is 5.54 Å². The summed E-state index contributed by atoms with van der Waals surface area (Å²) in [5, 5.41) is 2.97. The van der Waals surface area contributed by atoms with Crippen LogP contribution in [0.25, 0.3) is 0 Å². The second-order valence-electron chi connectivity index (χ2n) is 6.43. The minimum atomic E-state index is -0.659. The van der Waals surface area contributed by atoms with Crippen molar-refractivity contribution in [2.24, 2.45) is 11.1 Å². The van der Waals surface area contributed by atoms with E-state index in [-0.39, 0.29) is 5.91 Å². The van der Waals surface area contributed by atoms with Gasteiger partial charge in [-0.25, -0.2) is 0 Å². The summed E-state index contributed by atoms with van der Waals surface area (Å²) >= 11 is 0. The van der Waals surface area contributed by atoms with Gasteiger partial charge in [-0.2, -0.15) is 0 Å². The van der Waals surface area contributed by atoms with Gasteiger partial charge in [0.25, 0.3) is 0 Å². The van der Waals surface area contributed by atoms with Crippen molar-refractivity contribution in [2.45, 2.75) is 64.5 Å². The lowest BCUT2D eigenvalue weighted by Crippen LogP contribution is -2.52. The summed E-state index contributed by atoms with van der Waals surface area (Å²) in [7, 11) is 1.76. The van der Waals surface area contributed by atoms with Crippen LogP contribution in [-0.4, -0.2) is 31.2 Å². The van der Waals surface area contributed by atoms with E-state index in [4.69, 9.17) is 10.5 Å². The predicted octanol–water partition coefficient (Wildman–Crippen LogP) is 1.83. The fourth-order valence-electron chi connectivity index (χ4n) is 2.34. The zero-order valence-electron chi connectivity index (χ0n) is 12.2. The molecule has 0 spiro atoms. The highest BCUT2D eigenvalue weighted by molar-refractivity contribution is 5.84. The average Bonchev–Trinajstić information content (AvgIpc) is 2.31. The molecule has 1 saturated carbocycles. The van der Waals surface area contributed by atoms with Crippen molar-refractivity contribution in [1.29, 1.82) is 0 Å². The van der Waals surface area contributed by atoms with Crippen molar-refractivity contribution in [2.75, 3.05) is 13.7 Å². The van der Waals surface area contributed by atoms with Crippen LogP contribution in [0.5, 0.6) is 0 Å². The van der Waals surface area contributed by atoms with Gasteiger partial charge < -0.3 is 15.8 Å². The first-order chi connectivity index (χ1) is 8.29. The number of amides is 1. The number of likely N-dealkylation sites (N-methyl/N-ethyl adjacent to an activating group) is 1. The third kappa shape index (κ3) is 4.25. The number of hydrogen-bond donors (Lipinski definition) is 2. The monoisotopic (exact) mass is 256 g/mol. The Bertz CT molecular complexity index is 282. The van der Waals surface area contributed by atoms with Crippen LogP contribution in [-0.2, 0) is 9.53 Å². The van der Waals surface area contributed by atoms with Gasteiger partial charge in [-0.3, -0.25) is 4.79 Å². The van der Waals surface area contributed by atoms with Crippen molar-refractivity contribution in [3.63, 3.8) is 0 Å². The zero-order chi connectivity index (χ0) is 13.8. The van der Waals surface area contributed by atoms with Crippen molar-refractivity contribution in [3.8, 4) is 0 Å². The summed E-state index contributed by atoms with van der Waals surface area (Å²) in [5.74, 6) is -0.321. The number of carbonyl (C=O) groups is 1. The van der Waals surface area contributed by atoms with Gasteiger partial charge in [0.15, 0.2) is 0 Å². The molecule has 0 aromatic rings. The van der Waals surface area contributed by atoms with Crippen molar-refractivity contribution in [3.05, 3.63) is 0 Å². The molecule has 1 atom stereocenters. The molecule has 1 aliphatic rings. The third-order valence-electron chi connectivity index (χ3n) is 4.34. The first kappa shape index (κ1) is 15.4. The number of nitrogens with one attached hydrogen (secondary N) is 1. The molecular formula is C14H28N2O2. The highest BCUT2D eigenvalue weighted by Gasteiger charge is 2.30. The predicted molar refractivity (Wildman–Crippen MR) is 73.3 cm³/mol. The van der Waals surface area contributed by atoms with Crippen LogP contribution in [0.15, 0.2) is 0 Å². The Labute approximate surface area is 111 Å². The lowest BCUT2D eigenvalue weighted by atomic mass is 9.76. The minimum absolute atomic E-state index is 0.321. The molecule has 1 fully saturated rings. The van der Waals surface area contributed by atoms with Gasteiger partial charge >= 0.3 is 0 Å². The molecule has 1 unspecified atom stereocenters. The van der Waals surface area contributed by atoms with Crippen LogP contribution < -0.4 is 11.1 Å². The highest BCUT2D eigenvalue weighted by Crippen LogP contribution is 2.36. The largest absolute Gasteiger partial charge is 0.378 e. The second kappa shape index (κ2) is 6.02. The molecular weight excluding hydrogens is 228 g/mol. The smallest absolute Gasteiger partial charge is 0.237 e. The van der Waals surface area contributed by atoms with E-state index in [0.717, 1.165) is 12.8 Å². The summed E-state index contributed by atoms with van der Waals surface area (Å²) in [6, 6.07) is 0. The second-order valence-corrected chi connectivity index (χ2v) is 6.43. The lowest BCUT2D eigenvalue weighted by molar-refractivity contribution is -0.124. The standard InChI is InChI=1S/C14H28N2O2/c1-13(2)7-5-11(6-8-13)18-10-9-14(3,16-4)12(15)17/h11,16H,5-10H2,1-4H3,(H2,15,17). The summed E-state index contributed by atoms with van der Waals surface area (Å²) in [4.78, 5) is 11.3. The Morgan fingerprint density at radius 1 is 1.44 bits per heavy atom. The van der Waals surface area contributed by atoms with E-state index in [1.165, 1.54) is 12.8 Å². The molecule has 4 nitrogen and oxygen atoms in total. The van der Waals surface area contributed by atoms with Gasteiger partial charge in [0.05, 0.1) is 11.6 Å². The number of primary amides is 1. The SMILES string of the molecule is CNC(C)(CCOC1CCC(C)(C)CC1)C(N)=O. The van der Waals surface area contributed by atoms with Gasteiger partial charge in [0, 0.05) is 6.61 Å². The molecule has 0 bridgehead atoms. The molecule has 0 saturated heterocycles. The number of rotatable bonds is 6. The first-order valence-electron chi connectivity index (χ1n) is 6.89. The maximum absolute atomic E-state index is 11.3. The molecule has 0 heterocycles. The van der Waals surface area contributed by atoms with Crippen LogP contribution >= 0.6 is 0 Å². The van der Waals surface area contributed by atoms with E-state index in [1.807, 2.05) is 6.92 Å². The van der Waals surface area contributed by atoms with Crippen LogP contribution in [0.2, 0.25) is 0 Å². The fraction of sp³-hybridized carbons (Fsp3) is 0.929. The number of carbonyl (C=O) groups excluding carboxylic acids is 1. The highest BCUT2D eigenvalue weighted by atomic mass is 16.5. The topological polar surface area (TPSA) is 64.3 Å². The molecule has 3 N–H and O–H groups in total. The number of nitrogens with two attached hydrogens (primary N) is 1. The molecule has 0 aromatic carbocycles. The zero-order valence-corrected chi connectivity index (χ0v) is 12.2. The number of ether oxygens (including phenoxy) is 1. The molecule has 0 radical (unpaired) electrons. The summed E-state index contributed by atoms with van der Waals surface area (Å²) in [6.45, 7) is 7.04. The van der Waals surface area contributed by atoms with Gasteiger partial charge in [0.2, 0.25) is 5.91 Å². The molecule has 4 heteroatoms. The van der Waals surface area contributed by atoms with E-state index in [0.29, 0.717) is 24.5 Å². The van der Waals surface area contributed by atoms with Crippen LogP contribution in [0.4, 0.5) is 0 Å². The maximum Gasteiger partial charge on any atom is 0.237 e. The number of hydrogen-bond acceptors (Lipinski definition) is 3. The quantitative estimate of drug-likeness (QED) is 0.762. The first-order valence-corrected chi connectivity index (χ1v) is 6.89. The van der Waals surface area contributed by atoms with Gasteiger partial charge in [-0.1, -0.05) is 13.8 Å². The van der Waals surface area contributed by atoms with E-state index >= 15 is 0 Å². The van der Waals surface area contributed by atoms with Gasteiger partial charge in [0.1, 0.15) is 0 Å². The summed E-state index contributed by atoms with van der Waals surface area (Å²) in [6.07, 6.45) is 5.67. The van der Waals surface area contributed by atoms with Gasteiger partial charge in [-0.05, 0) is 51.5 Å². The van der Waals surface area contributed by atoms with Crippen LogP contribution in [0.1, 0.15) is 52.9 Å². The van der Waals surface area contributed by atoms with Crippen molar-refractivity contribution >= 4 is 5.91 Å². The average molecular weight is 256 g/mol. The third-order valence-corrected chi connectivity index (χ3v) is 4.34. The fourth-order valence-corrected chi connectivity index (χ4v) is 2.34. The van der Waals surface area contributed by atoms with Crippen molar-refractivity contribution in [1.82, 2.24) is 5.32 Å². The molecule has 18 heavy (non-hydrogen) atoms.